The van der Waals surface area contributed by atoms with Gasteiger partial charge in [0.2, 0.25) is 0 Å². The topological polar surface area (TPSA) is 74.3 Å². The Morgan fingerprint density at radius 3 is 1.59 bits per heavy atom. The molecule has 0 amide bonds. The molecule has 2 saturated heterocycles. The van der Waals surface area contributed by atoms with Crippen LogP contribution in [0.2, 0.25) is 0 Å². The monoisotopic (exact) mass is 694 g/mol. The Kier molecular flexibility index (Phi) is 18.6. The lowest BCUT2D eigenvalue weighted by atomic mass is 9.66. The van der Waals surface area contributed by atoms with Gasteiger partial charge in [-0.3, -0.25) is 4.79 Å². The molecule has 2 heterocycles. The average Bonchev–Trinajstić information content (AvgIpc) is 3.08. The van der Waals surface area contributed by atoms with E-state index in [4.69, 9.17) is 19.0 Å². The molecule has 3 unspecified atom stereocenters. The lowest BCUT2D eigenvalue weighted by molar-refractivity contribution is -0.404. The number of carbonyl (C=O) groups is 2. The van der Waals surface area contributed by atoms with Crippen molar-refractivity contribution >= 4 is 11.9 Å². The zero-order chi connectivity index (χ0) is 36.6. The second-order valence-corrected chi connectivity index (χ2v) is 17.3. The molecule has 2 rings (SSSR count). The summed E-state index contributed by atoms with van der Waals surface area (Å²) in [5, 5.41) is 1.97. The molecular weight excluding hydrogens is 614 g/mol. The van der Waals surface area contributed by atoms with Crippen molar-refractivity contribution < 1.29 is 28.6 Å². The predicted molar refractivity (Wildman–Crippen MR) is 201 cm³/mol. The Hall–Kier alpha value is -1.18. The third-order valence-corrected chi connectivity index (χ3v) is 12.2. The number of nitrogens with zero attached hydrogens (tertiary/aromatic N) is 1. The minimum Gasteiger partial charge on any atom is -0.465 e. The molecule has 2 aliphatic heterocycles. The van der Waals surface area contributed by atoms with E-state index in [1.54, 1.807) is 0 Å². The standard InChI is InChI=1S/C42H79NO6/c1-11-15-16-17-18-19-20-21-22-23-24-25-26-27-28-29-30-36(44)46-32-41(14-4)33-47-42(48-34-41)31-39(9,12-2)43(40(10,13-3)35(42)5)49-37(45)38(6,7)8/h35H,11-34H2,1-10H3. The summed E-state index contributed by atoms with van der Waals surface area (Å²) in [6.45, 7) is 22.1. The van der Waals surface area contributed by atoms with Crippen LogP contribution >= 0.6 is 0 Å². The van der Waals surface area contributed by atoms with E-state index in [0.29, 0.717) is 32.7 Å². The van der Waals surface area contributed by atoms with E-state index < -0.39 is 22.3 Å². The zero-order valence-corrected chi connectivity index (χ0v) is 33.9. The summed E-state index contributed by atoms with van der Waals surface area (Å²) in [6.07, 6.45) is 24.5. The maximum Gasteiger partial charge on any atom is 0.330 e. The van der Waals surface area contributed by atoms with Crippen LogP contribution in [0.15, 0.2) is 0 Å². The van der Waals surface area contributed by atoms with Gasteiger partial charge in [-0.1, -0.05) is 131 Å². The number of hydrogen-bond donors (Lipinski definition) is 0. The van der Waals surface area contributed by atoms with Crippen LogP contribution in [-0.2, 0) is 28.6 Å². The molecule has 0 N–H and O–H groups in total. The van der Waals surface area contributed by atoms with Gasteiger partial charge < -0.3 is 19.0 Å². The van der Waals surface area contributed by atoms with E-state index in [1.807, 2.05) is 25.8 Å². The smallest absolute Gasteiger partial charge is 0.330 e. The fraction of sp³-hybridized carbons (Fsp3) is 0.952. The molecule has 0 radical (unpaired) electrons. The van der Waals surface area contributed by atoms with E-state index in [-0.39, 0.29) is 23.3 Å². The summed E-state index contributed by atoms with van der Waals surface area (Å²) >= 11 is 0. The number of esters is 1. The second kappa shape index (κ2) is 20.8. The number of rotatable bonds is 23. The molecule has 0 aliphatic carbocycles. The van der Waals surface area contributed by atoms with Crippen molar-refractivity contribution in [2.24, 2.45) is 16.7 Å². The SMILES string of the molecule is CCCCCCCCCCCCCCCCCCC(=O)OCC1(CC)COC2(CC(C)(CC)N(OC(=O)C(C)(C)C)C(C)(CC)C2C)OC1. The summed E-state index contributed by atoms with van der Waals surface area (Å²) in [7, 11) is 0. The molecule has 3 atom stereocenters. The van der Waals surface area contributed by atoms with E-state index >= 15 is 0 Å². The molecule has 288 valence electrons. The molecule has 7 nitrogen and oxygen atoms in total. The van der Waals surface area contributed by atoms with E-state index in [0.717, 1.165) is 32.1 Å². The van der Waals surface area contributed by atoms with Gasteiger partial charge in [0.25, 0.3) is 0 Å². The number of ether oxygens (including phenoxy) is 3. The van der Waals surface area contributed by atoms with Crippen LogP contribution in [0.3, 0.4) is 0 Å². The first-order valence-electron chi connectivity index (χ1n) is 20.6. The number of carbonyl (C=O) groups excluding carboxylic acids is 2. The molecule has 49 heavy (non-hydrogen) atoms. The Bertz CT molecular complexity index is 953. The van der Waals surface area contributed by atoms with Gasteiger partial charge in [0.05, 0.1) is 35.1 Å². The number of unbranched alkanes of at least 4 members (excludes halogenated alkanes) is 15. The summed E-state index contributed by atoms with van der Waals surface area (Å²) in [4.78, 5) is 32.1. The number of hydrogen-bond acceptors (Lipinski definition) is 7. The summed E-state index contributed by atoms with van der Waals surface area (Å²) < 4.78 is 19.4. The van der Waals surface area contributed by atoms with Crippen LogP contribution in [-0.4, -0.2) is 53.7 Å². The molecule has 0 bridgehead atoms. The fourth-order valence-corrected chi connectivity index (χ4v) is 7.67. The normalized spacial score (nSPS) is 29.3. The molecule has 1 spiro atoms. The van der Waals surface area contributed by atoms with Crippen molar-refractivity contribution in [1.29, 1.82) is 0 Å². The fourth-order valence-electron chi connectivity index (χ4n) is 7.67. The van der Waals surface area contributed by atoms with Crippen molar-refractivity contribution in [3.63, 3.8) is 0 Å². The molecular formula is C42H79NO6. The first-order valence-corrected chi connectivity index (χ1v) is 20.6. The highest BCUT2D eigenvalue weighted by Gasteiger charge is 2.64. The van der Waals surface area contributed by atoms with Crippen LogP contribution in [0.25, 0.3) is 0 Å². The molecule has 0 aromatic heterocycles. The van der Waals surface area contributed by atoms with Crippen LogP contribution in [0.5, 0.6) is 0 Å². The van der Waals surface area contributed by atoms with Crippen molar-refractivity contribution in [1.82, 2.24) is 5.06 Å². The molecule has 2 aliphatic rings. The Balaban J connectivity index is 1.74. The summed E-state index contributed by atoms with van der Waals surface area (Å²) in [5.74, 6) is -1.22. The first-order chi connectivity index (χ1) is 23.2. The largest absolute Gasteiger partial charge is 0.465 e. The van der Waals surface area contributed by atoms with E-state index in [9.17, 15) is 9.59 Å². The number of piperidine rings is 1. The minimum absolute atomic E-state index is 0.0651. The van der Waals surface area contributed by atoms with Gasteiger partial charge >= 0.3 is 11.9 Å². The Morgan fingerprint density at radius 2 is 1.18 bits per heavy atom. The van der Waals surface area contributed by atoms with Crippen LogP contribution < -0.4 is 0 Å². The molecule has 0 saturated carbocycles. The Morgan fingerprint density at radius 1 is 0.714 bits per heavy atom. The van der Waals surface area contributed by atoms with Crippen molar-refractivity contribution in [2.75, 3.05) is 19.8 Å². The second-order valence-electron chi connectivity index (χ2n) is 17.3. The van der Waals surface area contributed by atoms with Gasteiger partial charge in [0.1, 0.15) is 6.61 Å². The van der Waals surface area contributed by atoms with Crippen LogP contribution in [0.1, 0.15) is 204 Å². The minimum atomic E-state index is -0.809. The van der Waals surface area contributed by atoms with Gasteiger partial charge in [-0.05, 0) is 60.3 Å². The van der Waals surface area contributed by atoms with E-state index in [1.165, 1.54) is 89.9 Å². The quantitative estimate of drug-likeness (QED) is 0.0779. The maximum absolute atomic E-state index is 13.1. The summed E-state index contributed by atoms with van der Waals surface area (Å²) in [5.41, 5.74) is -1.93. The first kappa shape index (κ1) is 44.0. The molecule has 7 heteroatoms. The lowest BCUT2D eigenvalue weighted by Gasteiger charge is -2.63. The van der Waals surface area contributed by atoms with Crippen molar-refractivity contribution in [3.8, 4) is 0 Å². The van der Waals surface area contributed by atoms with Crippen molar-refractivity contribution in [3.05, 3.63) is 0 Å². The zero-order valence-electron chi connectivity index (χ0n) is 33.9. The van der Waals surface area contributed by atoms with Gasteiger partial charge in [-0.15, -0.1) is 5.06 Å². The van der Waals surface area contributed by atoms with Crippen molar-refractivity contribution in [2.45, 2.75) is 221 Å². The Labute approximate surface area is 302 Å². The molecule has 2 fully saturated rings. The summed E-state index contributed by atoms with van der Waals surface area (Å²) in [6, 6.07) is 0. The van der Waals surface area contributed by atoms with Gasteiger partial charge in [-0.25, -0.2) is 4.79 Å². The third kappa shape index (κ3) is 12.8. The van der Waals surface area contributed by atoms with Gasteiger partial charge in [-0.2, -0.15) is 0 Å². The predicted octanol–water partition coefficient (Wildman–Crippen LogP) is 11.5. The van der Waals surface area contributed by atoms with Crippen LogP contribution in [0, 0.1) is 16.7 Å². The average molecular weight is 694 g/mol. The highest BCUT2D eigenvalue weighted by atomic mass is 16.7. The van der Waals surface area contributed by atoms with E-state index in [2.05, 4.69) is 48.5 Å². The highest BCUT2D eigenvalue weighted by molar-refractivity contribution is 5.75. The lowest BCUT2D eigenvalue weighted by Crippen LogP contribution is -2.74. The molecule has 0 aromatic rings. The van der Waals surface area contributed by atoms with Gasteiger partial charge in [0, 0.05) is 18.8 Å². The third-order valence-electron chi connectivity index (χ3n) is 12.2. The molecule has 0 aromatic carbocycles. The van der Waals surface area contributed by atoms with Gasteiger partial charge in [0.15, 0.2) is 5.79 Å². The van der Waals surface area contributed by atoms with Crippen LogP contribution in [0.4, 0.5) is 0 Å². The highest BCUT2D eigenvalue weighted by Crippen LogP contribution is 2.54. The maximum atomic E-state index is 13.1. The number of hydroxylamine groups is 2.